The van der Waals surface area contributed by atoms with Crippen molar-refractivity contribution in [1.29, 1.82) is 0 Å². The van der Waals surface area contributed by atoms with Gasteiger partial charge in [0.15, 0.2) is 0 Å². The fourth-order valence-corrected chi connectivity index (χ4v) is 13.1. The normalized spacial score (nSPS) is 27.4. The van der Waals surface area contributed by atoms with Crippen LogP contribution in [-0.2, 0) is 0 Å². The second-order valence-corrected chi connectivity index (χ2v) is 18.5. The highest BCUT2D eigenvalue weighted by Gasteiger charge is 2.21. The Kier molecular flexibility index (Phi) is 9.79. The molecule has 0 bridgehead atoms. The van der Waals surface area contributed by atoms with Crippen molar-refractivity contribution in [3.05, 3.63) is 0 Å². The zero-order chi connectivity index (χ0) is 17.2. The standard InChI is InChI=1S/C19H43N3Si3/c1-4-10-16(11-5-1)20-23-19(24-21-17-12-6-2-7-13-17)25-22-18-14-8-3-9-15-18/h16-22H,1-15,23-25H2. The maximum atomic E-state index is 4.13. The first kappa shape index (κ1) is 20.3. The lowest BCUT2D eigenvalue weighted by molar-refractivity contribution is 0.414. The Morgan fingerprint density at radius 2 is 0.720 bits per heavy atom. The summed E-state index contributed by atoms with van der Waals surface area (Å²) < 4.78 is 0. The highest BCUT2D eigenvalue weighted by Crippen LogP contribution is 2.20. The molecule has 3 aliphatic carbocycles. The summed E-state index contributed by atoms with van der Waals surface area (Å²) in [5.74, 6) is 0. The van der Waals surface area contributed by atoms with Crippen LogP contribution in [0.4, 0.5) is 0 Å². The molecule has 25 heavy (non-hydrogen) atoms. The summed E-state index contributed by atoms with van der Waals surface area (Å²) in [6, 6.07) is 2.70. The van der Waals surface area contributed by atoms with Gasteiger partial charge < -0.3 is 14.9 Å². The van der Waals surface area contributed by atoms with Gasteiger partial charge in [-0.25, -0.2) is 0 Å². The average Bonchev–Trinajstić information content (AvgIpc) is 2.70. The van der Waals surface area contributed by atoms with E-state index in [-0.39, 0.29) is 29.0 Å². The van der Waals surface area contributed by atoms with Gasteiger partial charge in [-0.15, -0.1) is 0 Å². The molecule has 0 amide bonds. The van der Waals surface area contributed by atoms with Crippen LogP contribution >= 0.6 is 0 Å². The molecular weight excluding hydrogens is 354 g/mol. The van der Waals surface area contributed by atoms with Gasteiger partial charge in [0.2, 0.25) is 0 Å². The molecule has 0 aliphatic heterocycles. The van der Waals surface area contributed by atoms with Crippen LogP contribution in [-0.4, -0.2) is 47.2 Å². The Morgan fingerprint density at radius 1 is 0.440 bits per heavy atom. The fourth-order valence-electron chi connectivity index (χ4n) is 5.14. The lowest BCUT2D eigenvalue weighted by Gasteiger charge is -2.30. The molecule has 0 spiro atoms. The maximum Gasteiger partial charge on any atom is 0.0911 e. The first-order valence-electron chi connectivity index (χ1n) is 11.6. The van der Waals surface area contributed by atoms with Crippen LogP contribution in [0.3, 0.4) is 0 Å². The molecule has 146 valence electrons. The lowest BCUT2D eigenvalue weighted by Crippen LogP contribution is -2.48. The Morgan fingerprint density at radius 3 is 1.00 bits per heavy atom. The van der Waals surface area contributed by atoms with Crippen LogP contribution in [0.15, 0.2) is 0 Å². The van der Waals surface area contributed by atoms with Gasteiger partial charge in [-0.2, -0.15) is 0 Å². The molecule has 3 aliphatic rings. The number of hydrogen-bond acceptors (Lipinski definition) is 3. The summed E-state index contributed by atoms with van der Waals surface area (Å²) in [6.07, 6.45) is 22.1. The van der Waals surface area contributed by atoms with E-state index in [1.807, 2.05) is 0 Å². The highest BCUT2D eigenvalue weighted by molar-refractivity contribution is 6.73. The molecule has 3 fully saturated rings. The van der Waals surface area contributed by atoms with Crippen molar-refractivity contribution < 1.29 is 0 Å². The number of hydrogen-bond donors (Lipinski definition) is 3. The van der Waals surface area contributed by atoms with Crippen LogP contribution in [0.2, 0.25) is 4.79 Å². The monoisotopic (exact) mass is 397 g/mol. The van der Waals surface area contributed by atoms with Crippen molar-refractivity contribution in [2.75, 3.05) is 0 Å². The van der Waals surface area contributed by atoms with Gasteiger partial charge in [-0.05, 0) is 61.4 Å². The van der Waals surface area contributed by atoms with E-state index in [4.69, 9.17) is 0 Å². The minimum atomic E-state index is -0.0642. The second-order valence-electron chi connectivity index (χ2n) is 9.10. The predicted octanol–water partition coefficient (Wildman–Crippen LogP) is 1.71. The molecule has 0 aromatic rings. The van der Waals surface area contributed by atoms with E-state index >= 15 is 0 Å². The van der Waals surface area contributed by atoms with Crippen molar-refractivity contribution >= 4 is 29.0 Å². The zero-order valence-corrected chi connectivity index (χ0v) is 20.8. The predicted molar refractivity (Wildman–Crippen MR) is 119 cm³/mol. The summed E-state index contributed by atoms with van der Waals surface area (Å²) in [7, 11) is -0.193. The number of nitrogens with one attached hydrogen (secondary N) is 3. The summed E-state index contributed by atoms with van der Waals surface area (Å²) >= 11 is 0. The average molecular weight is 398 g/mol. The molecule has 0 saturated heterocycles. The van der Waals surface area contributed by atoms with Crippen molar-refractivity contribution in [2.24, 2.45) is 0 Å². The molecule has 3 rings (SSSR count). The highest BCUT2D eigenvalue weighted by atomic mass is 28.3. The molecular formula is C19H43N3Si3. The van der Waals surface area contributed by atoms with Gasteiger partial charge in [0.1, 0.15) is 0 Å². The molecule has 3 nitrogen and oxygen atoms in total. The van der Waals surface area contributed by atoms with Crippen LogP contribution in [0.1, 0.15) is 96.3 Å². The maximum absolute atomic E-state index is 4.13. The third kappa shape index (κ3) is 7.97. The van der Waals surface area contributed by atoms with Crippen molar-refractivity contribution in [1.82, 2.24) is 14.9 Å². The molecule has 0 unspecified atom stereocenters. The molecule has 0 aromatic carbocycles. The van der Waals surface area contributed by atoms with Gasteiger partial charge in [-0.1, -0.05) is 57.8 Å². The van der Waals surface area contributed by atoms with Gasteiger partial charge in [-0.3, -0.25) is 0 Å². The topological polar surface area (TPSA) is 36.1 Å². The summed E-state index contributed by atoms with van der Waals surface area (Å²) in [4.78, 5) is 13.5. The van der Waals surface area contributed by atoms with Gasteiger partial charge in [0, 0.05) is 0 Å². The summed E-state index contributed by atoms with van der Waals surface area (Å²) in [6.45, 7) is 0. The van der Waals surface area contributed by atoms with Gasteiger partial charge in [0.25, 0.3) is 0 Å². The second kappa shape index (κ2) is 12.1. The van der Waals surface area contributed by atoms with E-state index in [9.17, 15) is 0 Å². The van der Waals surface area contributed by atoms with E-state index < -0.39 is 0 Å². The smallest absolute Gasteiger partial charge is 0.0911 e. The minimum absolute atomic E-state index is 0.0642. The zero-order valence-electron chi connectivity index (χ0n) is 16.5. The van der Waals surface area contributed by atoms with Crippen LogP contribution in [0.25, 0.3) is 0 Å². The molecule has 0 heterocycles. The summed E-state index contributed by atoms with van der Waals surface area (Å²) in [5, 5.41) is 0. The van der Waals surface area contributed by atoms with E-state index in [1.165, 1.54) is 96.3 Å². The van der Waals surface area contributed by atoms with Crippen molar-refractivity contribution in [3.63, 3.8) is 0 Å². The molecule has 3 saturated carbocycles. The quantitative estimate of drug-likeness (QED) is 0.518. The largest absolute Gasteiger partial charge is 0.340 e. The third-order valence-corrected chi connectivity index (χ3v) is 16.3. The first-order valence-corrected chi connectivity index (χ1v) is 16.2. The van der Waals surface area contributed by atoms with Gasteiger partial charge >= 0.3 is 0 Å². The molecule has 0 aromatic heterocycles. The van der Waals surface area contributed by atoms with E-state index in [0.29, 0.717) is 0 Å². The van der Waals surface area contributed by atoms with Gasteiger partial charge in [0.05, 0.1) is 29.0 Å². The molecule has 3 N–H and O–H groups in total. The lowest BCUT2D eigenvalue weighted by atomic mass is 9.96. The first-order chi connectivity index (χ1) is 12.4. The number of rotatable bonds is 9. The van der Waals surface area contributed by atoms with Crippen LogP contribution in [0, 0.1) is 0 Å². The Balaban J connectivity index is 1.39. The van der Waals surface area contributed by atoms with Crippen LogP contribution < -0.4 is 14.9 Å². The minimum Gasteiger partial charge on any atom is -0.340 e. The van der Waals surface area contributed by atoms with E-state index in [0.717, 1.165) is 22.9 Å². The van der Waals surface area contributed by atoms with Crippen LogP contribution in [0.5, 0.6) is 0 Å². The van der Waals surface area contributed by atoms with E-state index in [2.05, 4.69) is 14.9 Å². The molecule has 0 atom stereocenters. The molecule has 0 radical (unpaired) electrons. The Labute approximate surface area is 163 Å². The SMILES string of the molecule is C1CCC(N[SiH2]C([SiH2]NC2CCCCC2)[SiH2]NC2CCCCC2)CC1. The molecule has 6 heteroatoms. The van der Waals surface area contributed by atoms with E-state index in [1.54, 1.807) is 0 Å². The Hall–Kier alpha value is 0.531. The van der Waals surface area contributed by atoms with Crippen molar-refractivity contribution in [2.45, 2.75) is 119 Å². The Bertz CT molecular complexity index is 289. The van der Waals surface area contributed by atoms with Crippen molar-refractivity contribution in [3.8, 4) is 0 Å². The fraction of sp³-hybridized carbons (Fsp3) is 1.00. The third-order valence-electron chi connectivity index (χ3n) is 6.90. The summed E-state index contributed by atoms with van der Waals surface area (Å²) in [5.41, 5.74) is 0.